The molecule has 0 saturated carbocycles. The van der Waals surface area contributed by atoms with Crippen molar-refractivity contribution in [2.45, 2.75) is 24.9 Å². The summed E-state index contributed by atoms with van der Waals surface area (Å²) in [6.45, 7) is 3.66. The van der Waals surface area contributed by atoms with Gasteiger partial charge in [0.2, 0.25) is 0 Å². The lowest BCUT2D eigenvalue weighted by Gasteiger charge is -2.30. The summed E-state index contributed by atoms with van der Waals surface area (Å²) < 4.78 is 0. The number of likely N-dealkylation sites (N-methyl/N-ethyl adjacent to an activating group) is 1. The van der Waals surface area contributed by atoms with Gasteiger partial charge in [0, 0.05) is 25.2 Å². The van der Waals surface area contributed by atoms with Crippen LogP contribution in [0.2, 0.25) is 0 Å². The number of nitrogens with zero attached hydrogens (tertiary/aromatic N) is 2. The fourth-order valence-electron chi connectivity index (χ4n) is 3.75. The molecule has 3 atom stereocenters. The van der Waals surface area contributed by atoms with Gasteiger partial charge in [0.05, 0.1) is 0 Å². The van der Waals surface area contributed by atoms with Crippen LogP contribution in [0.15, 0.2) is 24.3 Å². The third kappa shape index (κ3) is 2.55. The number of hydrogen-bond donors (Lipinski definition) is 1. The number of rotatable bonds is 3. The van der Waals surface area contributed by atoms with Gasteiger partial charge in [-0.1, -0.05) is 24.3 Å². The Morgan fingerprint density at radius 2 is 2.16 bits per heavy atom. The lowest BCUT2D eigenvalue weighted by molar-refractivity contribution is 0.191. The van der Waals surface area contributed by atoms with E-state index in [0.717, 1.165) is 12.3 Å². The van der Waals surface area contributed by atoms with Crippen LogP contribution in [0.4, 0.5) is 0 Å². The maximum absolute atomic E-state index is 6.44. The van der Waals surface area contributed by atoms with Gasteiger partial charge < -0.3 is 15.5 Å². The Kier molecular flexibility index (Phi) is 3.61. The van der Waals surface area contributed by atoms with Gasteiger partial charge in [0.15, 0.2) is 0 Å². The molecular formula is C16H25N3. The molecule has 0 aromatic heterocycles. The zero-order valence-electron chi connectivity index (χ0n) is 12.0. The van der Waals surface area contributed by atoms with Crippen LogP contribution in [0, 0.1) is 5.92 Å². The van der Waals surface area contributed by atoms with Gasteiger partial charge in [0.25, 0.3) is 0 Å². The van der Waals surface area contributed by atoms with Crippen LogP contribution < -0.4 is 5.73 Å². The molecule has 0 radical (unpaired) electrons. The highest BCUT2D eigenvalue weighted by Crippen LogP contribution is 2.32. The molecule has 3 nitrogen and oxygen atoms in total. The molecule has 2 aliphatic rings. The predicted octanol–water partition coefficient (Wildman–Crippen LogP) is 1.49. The summed E-state index contributed by atoms with van der Waals surface area (Å²) in [6.07, 6.45) is 2.44. The molecule has 3 heteroatoms. The summed E-state index contributed by atoms with van der Waals surface area (Å²) >= 11 is 0. The van der Waals surface area contributed by atoms with Crippen LogP contribution in [0.3, 0.4) is 0 Å². The van der Waals surface area contributed by atoms with Gasteiger partial charge in [-0.3, -0.25) is 0 Å². The third-order valence-corrected chi connectivity index (χ3v) is 4.86. The number of hydrogen-bond acceptors (Lipinski definition) is 3. The van der Waals surface area contributed by atoms with E-state index in [2.05, 4.69) is 48.2 Å². The highest BCUT2D eigenvalue weighted by atomic mass is 15.2. The minimum absolute atomic E-state index is 0.181. The predicted molar refractivity (Wildman–Crippen MR) is 79.1 cm³/mol. The number of nitrogens with two attached hydrogens (primary N) is 1. The Morgan fingerprint density at radius 1 is 1.37 bits per heavy atom. The van der Waals surface area contributed by atoms with Gasteiger partial charge in [-0.2, -0.15) is 0 Å². The average molecular weight is 259 g/mol. The molecule has 1 aromatic carbocycles. The van der Waals surface area contributed by atoms with Crippen LogP contribution in [-0.4, -0.2) is 49.6 Å². The monoisotopic (exact) mass is 259 g/mol. The molecule has 1 fully saturated rings. The molecule has 3 unspecified atom stereocenters. The van der Waals surface area contributed by atoms with Crippen molar-refractivity contribution in [3.8, 4) is 0 Å². The number of benzene rings is 1. The first-order valence-electron chi connectivity index (χ1n) is 7.37. The Hall–Kier alpha value is -0.900. The fourth-order valence-corrected chi connectivity index (χ4v) is 3.75. The van der Waals surface area contributed by atoms with E-state index >= 15 is 0 Å². The molecule has 1 heterocycles. The van der Waals surface area contributed by atoms with Crippen molar-refractivity contribution in [1.82, 2.24) is 9.80 Å². The van der Waals surface area contributed by atoms with Gasteiger partial charge in [-0.15, -0.1) is 0 Å². The van der Waals surface area contributed by atoms with Crippen molar-refractivity contribution in [2.75, 3.05) is 33.7 Å². The molecule has 1 aliphatic heterocycles. The van der Waals surface area contributed by atoms with Crippen LogP contribution >= 0.6 is 0 Å². The highest BCUT2D eigenvalue weighted by Gasteiger charge is 2.33. The van der Waals surface area contributed by atoms with Gasteiger partial charge in [-0.05, 0) is 50.5 Å². The molecule has 2 N–H and O–H groups in total. The lowest BCUT2D eigenvalue weighted by atomic mass is 10.0. The van der Waals surface area contributed by atoms with E-state index in [1.807, 2.05) is 0 Å². The molecule has 0 spiro atoms. The van der Waals surface area contributed by atoms with Gasteiger partial charge >= 0.3 is 0 Å². The van der Waals surface area contributed by atoms with Crippen LogP contribution in [0.25, 0.3) is 0 Å². The summed E-state index contributed by atoms with van der Waals surface area (Å²) in [5.41, 5.74) is 9.23. The van der Waals surface area contributed by atoms with E-state index in [1.54, 1.807) is 0 Å². The van der Waals surface area contributed by atoms with Gasteiger partial charge in [0.1, 0.15) is 0 Å². The van der Waals surface area contributed by atoms with Gasteiger partial charge in [-0.25, -0.2) is 0 Å². The molecule has 1 aromatic rings. The first-order valence-corrected chi connectivity index (χ1v) is 7.37. The van der Waals surface area contributed by atoms with Crippen molar-refractivity contribution in [3.63, 3.8) is 0 Å². The second-order valence-electron chi connectivity index (χ2n) is 6.35. The Balaban J connectivity index is 1.64. The highest BCUT2D eigenvalue weighted by molar-refractivity contribution is 5.36. The summed E-state index contributed by atoms with van der Waals surface area (Å²) in [5.74, 6) is 0.811. The Morgan fingerprint density at radius 3 is 2.84 bits per heavy atom. The molecule has 0 amide bonds. The topological polar surface area (TPSA) is 32.5 Å². The summed E-state index contributed by atoms with van der Waals surface area (Å²) in [6, 6.07) is 9.31. The summed E-state index contributed by atoms with van der Waals surface area (Å²) in [4.78, 5) is 4.93. The molecule has 104 valence electrons. The average Bonchev–Trinajstić information content (AvgIpc) is 2.94. The van der Waals surface area contributed by atoms with E-state index in [4.69, 9.17) is 5.73 Å². The van der Waals surface area contributed by atoms with Crippen LogP contribution in [0.1, 0.15) is 23.6 Å². The van der Waals surface area contributed by atoms with Crippen LogP contribution in [0.5, 0.6) is 0 Å². The smallest absolute Gasteiger partial charge is 0.0459 e. The van der Waals surface area contributed by atoms with E-state index < -0.39 is 0 Å². The van der Waals surface area contributed by atoms with Crippen molar-refractivity contribution in [3.05, 3.63) is 35.4 Å². The van der Waals surface area contributed by atoms with Crippen molar-refractivity contribution in [2.24, 2.45) is 11.7 Å². The first kappa shape index (κ1) is 13.1. The Labute approximate surface area is 116 Å². The van der Waals surface area contributed by atoms with Crippen molar-refractivity contribution < 1.29 is 0 Å². The maximum atomic E-state index is 6.44. The van der Waals surface area contributed by atoms with E-state index in [9.17, 15) is 0 Å². The van der Waals surface area contributed by atoms with Crippen LogP contribution in [-0.2, 0) is 6.42 Å². The lowest BCUT2D eigenvalue weighted by Crippen LogP contribution is -2.41. The Bertz CT molecular complexity index is 445. The van der Waals surface area contributed by atoms with E-state index in [1.165, 1.54) is 37.2 Å². The maximum Gasteiger partial charge on any atom is 0.0459 e. The third-order valence-electron chi connectivity index (χ3n) is 4.86. The van der Waals surface area contributed by atoms with Crippen molar-refractivity contribution >= 4 is 0 Å². The standard InChI is InChI=1S/C16H25N3/c1-18-8-7-12(10-18)11-19(2)15-9-13-5-3-4-6-14(13)16(15)17/h3-6,12,15-16H,7-11,17H2,1-2H3. The first-order chi connectivity index (χ1) is 9.15. The molecule has 1 saturated heterocycles. The van der Waals surface area contributed by atoms with E-state index in [0.29, 0.717) is 6.04 Å². The quantitative estimate of drug-likeness (QED) is 0.893. The second kappa shape index (κ2) is 5.23. The SMILES string of the molecule is CN1CCC(CN(C)C2Cc3ccccc3C2N)C1. The molecule has 1 aliphatic carbocycles. The second-order valence-corrected chi connectivity index (χ2v) is 6.35. The summed E-state index contributed by atoms with van der Waals surface area (Å²) in [5, 5.41) is 0. The zero-order chi connectivity index (χ0) is 13.4. The molecular weight excluding hydrogens is 234 g/mol. The summed E-state index contributed by atoms with van der Waals surface area (Å²) in [7, 11) is 4.46. The molecule has 19 heavy (non-hydrogen) atoms. The van der Waals surface area contributed by atoms with Crippen molar-refractivity contribution in [1.29, 1.82) is 0 Å². The molecule has 0 bridgehead atoms. The molecule has 3 rings (SSSR count). The minimum atomic E-state index is 0.181. The van der Waals surface area contributed by atoms with E-state index in [-0.39, 0.29) is 6.04 Å². The largest absolute Gasteiger partial charge is 0.323 e. The normalized spacial score (nSPS) is 31.1. The number of likely N-dealkylation sites (tertiary alicyclic amines) is 1. The number of fused-ring (bicyclic) bond motifs is 1. The minimum Gasteiger partial charge on any atom is -0.323 e. The zero-order valence-corrected chi connectivity index (χ0v) is 12.0. The fraction of sp³-hybridized carbons (Fsp3) is 0.625.